The predicted octanol–water partition coefficient (Wildman–Crippen LogP) is 1.25. The number of hydrogen-bond acceptors (Lipinski definition) is 3. The quantitative estimate of drug-likeness (QED) is 0.796. The first-order chi connectivity index (χ1) is 7.09. The second-order valence-electron chi connectivity index (χ2n) is 3.61. The molecule has 3 nitrogen and oxygen atoms in total. The second kappa shape index (κ2) is 5.88. The Hall–Kier alpha value is -0.870. The lowest BCUT2D eigenvalue weighted by atomic mass is 10.2. The number of nitrogens with one attached hydrogen (secondary N) is 1. The number of phenols is 1. The van der Waals surface area contributed by atoms with E-state index in [1.165, 1.54) is 0 Å². The van der Waals surface area contributed by atoms with E-state index in [-0.39, 0.29) is 11.0 Å². The summed E-state index contributed by atoms with van der Waals surface area (Å²) < 4.78 is 11.1. The molecule has 0 aliphatic rings. The standard InChI is InChI=1S/C11H17NO2S/c1-9(15(2)14)7-12-8-10-3-5-11(13)6-4-10/h3-6,9,12-13H,7-8H2,1-2H3. The number of phenolic OH excluding ortho intramolecular Hbond substituents is 1. The Bertz CT molecular complexity index is 324. The first kappa shape index (κ1) is 12.2. The number of rotatable bonds is 5. The molecule has 4 heteroatoms. The molecule has 0 fully saturated rings. The van der Waals surface area contributed by atoms with Gasteiger partial charge in [-0.15, -0.1) is 0 Å². The van der Waals surface area contributed by atoms with Crippen molar-refractivity contribution in [1.29, 1.82) is 0 Å². The van der Waals surface area contributed by atoms with Crippen LogP contribution in [0.1, 0.15) is 12.5 Å². The van der Waals surface area contributed by atoms with Gasteiger partial charge in [-0.1, -0.05) is 12.1 Å². The molecule has 0 bridgehead atoms. The molecular weight excluding hydrogens is 210 g/mol. The summed E-state index contributed by atoms with van der Waals surface area (Å²) in [5.41, 5.74) is 1.11. The minimum Gasteiger partial charge on any atom is -0.508 e. The van der Waals surface area contributed by atoms with E-state index in [9.17, 15) is 4.21 Å². The third-order valence-electron chi connectivity index (χ3n) is 2.26. The zero-order chi connectivity index (χ0) is 11.3. The SMILES string of the molecule is CC(CNCc1ccc(O)cc1)S(C)=O. The lowest BCUT2D eigenvalue weighted by Crippen LogP contribution is -2.27. The summed E-state index contributed by atoms with van der Waals surface area (Å²) in [6, 6.07) is 7.07. The zero-order valence-corrected chi connectivity index (χ0v) is 9.88. The van der Waals surface area contributed by atoms with E-state index in [2.05, 4.69) is 5.32 Å². The van der Waals surface area contributed by atoms with Crippen molar-refractivity contribution < 1.29 is 9.32 Å². The Labute approximate surface area is 93.0 Å². The molecule has 0 aliphatic heterocycles. The fraction of sp³-hybridized carbons (Fsp3) is 0.455. The molecule has 2 unspecified atom stereocenters. The molecule has 0 heterocycles. The Morgan fingerprint density at radius 1 is 1.40 bits per heavy atom. The summed E-state index contributed by atoms with van der Waals surface area (Å²) in [5.74, 6) is 0.279. The molecule has 0 radical (unpaired) electrons. The highest BCUT2D eigenvalue weighted by atomic mass is 32.2. The van der Waals surface area contributed by atoms with Gasteiger partial charge in [-0.2, -0.15) is 0 Å². The maximum atomic E-state index is 11.1. The van der Waals surface area contributed by atoms with Gasteiger partial charge in [0.1, 0.15) is 5.75 Å². The summed E-state index contributed by atoms with van der Waals surface area (Å²) in [6.07, 6.45) is 1.72. The van der Waals surface area contributed by atoms with E-state index in [1.807, 2.05) is 19.1 Å². The van der Waals surface area contributed by atoms with Gasteiger partial charge in [0.05, 0.1) is 0 Å². The normalized spacial score (nSPS) is 14.8. The van der Waals surface area contributed by atoms with Crippen molar-refractivity contribution in [2.45, 2.75) is 18.7 Å². The molecular formula is C11H17NO2S. The highest BCUT2D eigenvalue weighted by Gasteiger charge is 2.04. The van der Waals surface area contributed by atoms with Crippen molar-refractivity contribution in [3.8, 4) is 5.75 Å². The van der Waals surface area contributed by atoms with E-state index in [1.54, 1.807) is 18.4 Å². The minimum absolute atomic E-state index is 0.169. The molecule has 2 N–H and O–H groups in total. The first-order valence-electron chi connectivity index (χ1n) is 4.90. The van der Waals surface area contributed by atoms with Gasteiger partial charge in [0.15, 0.2) is 0 Å². The summed E-state index contributed by atoms with van der Waals surface area (Å²) in [6.45, 7) is 3.44. The van der Waals surface area contributed by atoms with Crippen LogP contribution < -0.4 is 5.32 Å². The monoisotopic (exact) mass is 227 g/mol. The lowest BCUT2D eigenvalue weighted by Gasteiger charge is -2.09. The highest BCUT2D eigenvalue weighted by Crippen LogP contribution is 2.09. The van der Waals surface area contributed by atoms with Gasteiger partial charge in [-0.05, 0) is 24.6 Å². The van der Waals surface area contributed by atoms with Gasteiger partial charge in [0.2, 0.25) is 0 Å². The smallest absolute Gasteiger partial charge is 0.115 e. The van der Waals surface area contributed by atoms with Crippen molar-refractivity contribution in [3.05, 3.63) is 29.8 Å². The summed E-state index contributed by atoms with van der Waals surface area (Å²) >= 11 is 0. The summed E-state index contributed by atoms with van der Waals surface area (Å²) in [5, 5.41) is 12.5. The van der Waals surface area contributed by atoms with Crippen molar-refractivity contribution in [3.63, 3.8) is 0 Å². The number of benzene rings is 1. The molecule has 1 rings (SSSR count). The molecule has 1 aromatic carbocycles. The van der Waals surface area contributed by atoms with Crippen LogP contribution in [-0.2, 0) is 17.3 Å². The van der Waals surface area contributed by atoms with Crippen molar-refractivity contribution in [2.75, 3.05) is 12.8 Å². The van der Waals surface area contributed by atoms with E-state index < -0.39 is 10.8 Å². The van der Waals surface area contributed by atoms with Gasteiger partial charge in [0, 0.05) is 35.4 Å². The van der Waals surface area contributed by atoms with Crippen LogP contribution in [0.3, 0.4) is 0 Å². The number of aromatic hydroxyl groups is 1. The Morgan fingerprint density at radius 3 is 2.53 bits per heavy atom. The Balaban J connectivity index is 2.32. The van der Waals surface area contributed by atoms with Gasteiger partial charge < -0.3 is 10.4 Å². The molecule has 1 aromatic rings. The zero-order valence-electron chi connectivity index (χ0n) is 9.06. The van der Waals surface area contributed by atoms with Gasteiger partial charge >= 0.3 is 0 Å². The fourth-order valence-corrected chi connectivity index (χ4v) is 1.50. The molecule has 0 aliphatic carbocycles. The van der Waals surface area contributed by atoms with Crippen LogP contribution in [0, 0.1) is 0 Å². The Morgan fingerprint density at radius 2 is 2.00 bits per heavy atom. The van der Waals surface area contributed by atoms with Crippen LogP contribution in [0.15, 0.2) is 24.3 Å². The maximum absolute atomic E-state index is 11.1. The Kier molecular flexibility index (Phi) is 4.78. The van der Waals surface area contributed by atoms with Crippen molar-refractivity contribution in [2.24, 2.45) is 0 Å². The van der Waals surface area contributed by atoms with Crippen molar-refractivity contribution in [1.82, 2.24) is 5.32 Å². The van der Waals surface area contributed by atoms with E-state index in [4.69, 9.17) is 5.11 Å². The van der Waals surface area contributed by atoms with E-state index >= 15 is 0 Å². The topological polar surface area (TPSA) is 49.3 Å². The molecule has 0 spiro atoms. The predicted molar refractivity (Wildman–Crippen MR) is 63.3 cm³/mol. The molecule has 0 saturated heterocycles. The van der Waals surface area contributed by atoms with Crippen molar-refractivity contribution >= 4 is 10.8 Å². The number of hydrogen-bond donors (Lipinski definition) is 2. The average molecular weight is 227 g/mol. The largest absolute Gasteiger partial charge is 0.508 e. The second-order valence-corrected chi connectivity index (χ2v) is 5.41. The van der Waals surface area contributed by atoms with Crippen LogP contribution in [0.2, 0.25) is 0 Å². The van der Waals surface area contributed by atoms with Crippen LogP contribution in [0.5, 0.6) is 5.75 Å². The van der Waals surface area contributed by atoms with Crippen LogP contribution >= 0.6 is 0 Å². The van der Waals surface area contributed by atoms with Crippen LogP contribution in [-0.4, -0.2) is 27.4 Å². The third kappa shape index (κ3) is 4.44. The van der Waals surface area contributed by atoms with Crippen LogP contribution in [0.4, 0.5) is 0 Å². The van der Waals surface area contributed by atoms with Gasteiger partial charge in [-0.3, -0.25) is 4.21 Å². The molecule has 0 saturated carbocycles. The van der Waals surface area contributed by atoms with Gasteiger partial charge in [-0.25, -0.2) is 0 Å². The lowest BCUT2D eigenvalue weighted by molar-refractivity contribution is 0.475. The van der Waals surface area contributed by atoms with E-state index in [0.717, 1.165) is 18.7 Å². The molecule has 15 heavy (non-hydrogen) atoms. The molecule has 0 amide bonds. The molecule has 2 atom stereocenters. The van der Waals surface area contributed by atoms with E-state index in [0.29, 0.717) is 0 Å². The maximum Gasteiger partial charge on any atom is 0.115 e. The minimum atomic E-state index is -0.774. The first-order valence-corrected chi connectivity index (χ1v) is 6.52. The third-order valence-corrected chi connectivity index (χ3v) is 3.56. The highest BCUT2D eigenvalue weighted by molar-refractivity contribution is 7.84. The summed E-state index contributed by atoms with van der Waals surface area (Å²) in [7, 11) is -0.774. The van der Waals surface area contributed by atoms with Gasteiger partial charge in [0.25, 0.3) is 0 Å². The molecule has 84 valence electrons. The molecule has 0 aromatic heterocycles. The fourth-order valence-electron chi connectivity index (χ4n) is 1.15. The average Bonchev–Trinajstić information content (AvgIpc) is 2.20. The summed E-state index contributed by atoms with van der Waals surface area (Å²) in [4.78, 5) is 0. The van der Waals surface area contributed by atoms with Crippen LogP contribution in [0.25, 0.3) is 0 Å².